The SMILES string of the molecule is Cc1cc(-c2ccncc2)c(C#N)cc1-n1c2cc(-c3cc(C(F)(F)F)cc(C(F)(F)F)c3)ccc2c2ccc(-c3cc(C(F)(F)F)cc(C(F)(F)F)c3)cc21. The minimum absolute atomic E-state index is 0.00430. The third-order valence-electron chi connectivity index (χ3n) is 9.30. The summed E-state index contributed by atoms with van der Waals surface area (Å²) in [6.07, 6.45) is -17.5. The molecule has 2 heterocycles. The number of hydrogen-bond acceptors (Lipinski definition) is 2. The number of halogens is 12. The summed E-state index contributed by atoms with van der Waals surface area (Å²) in [6, 6.07) is 19.0. The molecule has 3 nitrogen and oxygen atoms in total. The highest BCUT2D eigenvalue weighted by atomic mass is 19.4. The van der Waals surface area contributed by atoms with E-state index in [1.54, 1.807) is 25.1 Å². The zero-order valence-electron chi connectivity index (χ0n) is 28.3. The topological polar surface area (TPSA) is 41.6 Å². The summed E-state index contributed by atoms with van der Waals surface area (Å²) in [5.74, 6) is 0. The van der Waals surface area contributed by atoms with Crippen molar-refractivity contribution in [2.75, 3.05) is 0 Å². The van der Waals surface area contributed by atoms with E-state index in [4.69, 9.17) is 0 Å². The number of rotatable bonds is 4. The van der Waals surface area contributed by atoms with Crippen molar-refractivity contribution in [1.29, 1.82) is 5.26 Å². The molecule has 0 aliphatic carbocycles. The highest BCUT2D eigenvalue weighted by molar-refractivity contribution is 6.11. The number of fused-ring (bicyclic) bond motifs is 3. The number of nitrogens with zero attached hydrogens (tertiary/aromatic N) is 3. The van der Waals surface area contributed by atoms with Gasteiger partial charge in [-0.1, -0.05) is 24.3 Å². The first-order valence-electron chi connectivity index (χ1n) is 16.3. The minimum atomic E-state index is -5.14. The van der Waals surface area contributed by atoms with E-state index in [-0.39, 0.29) is 45.5 Å². The lowest BCUT2D eigenvalue weighted by Crippen LogP contribution is -2.11. The highest BCUT2D eigenvalue weighted by Crippen LogP contribution is 2.44. The van der Waals surface area contributed by atoms with E-state index in [1.807, 2.05) is 0 Å². The van der Waals surface area contributed by atoms with Gasteiger partial charge in [-0.2, -0.15) is 57.9 Å². The van der Waals surface area contributed by atoms with Crippen LogP contribution in [-0.4, -0.2) is 9.55 Å². The van der Waals surface area contributed by atoms with E-state index < -0.39 is 58.1 Å². The zero-order chi connectivity index (χ0) is 40.5. The molecule has 0 bridgehead atoms. The lowest BCUT2D eigenvalue weighted by atomic mass is 9.97. The van der Waals surface area contributed by atoms with Gasteiger partial charge < -0.3 is 4.57 Å². The van der Waals surface area contributed by atoms with Crippen LogP contribution in [0.2, 0.25) is 0 Å². The molecule has 0 saturated carbocycles. The second-order valence-electron chi connectivity index (χ2n) is 12.9. The maximum absolute atomic E-state index is 13.8. The Bertz CT molecular complexity index is 2510. The third-order valence-corrected chi connectivity index (χ3v) is 9.30. The van der Waals surface area contributed by atoms with Gasteiger partial charge in [0.25, 0.3) is 0 Å². The number of benzene rings is 5. The molecule has 284 valence electrons. The molecule has 0 aliphatic rings. The number of hydrogen-bond donors (Lipinski definition) is 0. The quantitative estimate of drug-likeness (QED) is 0.167. The number of nitriles is 1. The summed E-state index contributed by atoms with van der Waals surface area (Å²) in [4.78, 5) is 3.98. The summed E-state index contributed by atoms with van der Waals surface area (Å²) in [5, 5.41) is 11.0. The van der Waals surface area contributed by atoms with Gasteiger partial charge in [0, 0.05) is 23.2 Å². The molecule has 0 N–H and O–H groups in total. The van der Waals surface area contributed by atoms with Gasteiger partial charge in [0.05, 0.1) is 50.6 Å². The predicted molar refractivity (Wildman–Crippen MR) is 184 cm³/mol. The molecule has 0 fully saturated rings. The first-order chi connectivity index (χ1) is 26.1. The second kappa shape index (κ2) is 13.2. The molecule has 0 unspecified atom stereocenters. The van der Waals surface area contributed by atoms with Gasteiger partial charge in [-0.05, 0) is 119 Å². The van der Waals surface area contributed by atoms with Gasteiger partial charge in [-0.15, -0.1) is 0 Å². The molecule has 56 heavy (non-hydrogen) atoms. The molecule has 0 saturated heterocycles. The summed E-state index contributed by atoms with van der Waals surface area (Å²) in [6.45, 7) is 1.66. The molecule has 0 amide bonds. The van der Waals surface area contributed by atoms with Crippen molar-refractivity contribution in [1.82, 2.24) is 9.55 Å². The maximum Gasteiger partial charge on any atom is 0.416 e. The molecule has 7 aromatic rings. The first-order valence-corrected chi connectivity index (χ1v) is 16.3. The van der Waals surface area contributed by atoms with Crippen LogP contribution in [0.25, 0.3) is 60.9 Å². The smallest absolute Gasteiger partial charge is 0.309 e. The van der Waals surface area contributed by atoms with E-state index >= 15 is 0 Å². The van der Waals surface area contributed by atoms with Crippen LogP contribution in [0, 0.1) is 18.3 Å². The van der Waals surface area contributed by atoms with Crippen LogP contribution >= 0.6 is 0 Å². The molecule has 0 aliphatic heterocycles. The zero-order valence-corrected chi connectivity index (χ0v) is 28.3. The lowest BCUT2D eigenvalue weighted by Gasteiger charge is -2.17. The van der Waals surface area contributed by atoms with Crippen LogP contribution in [0.15, 0.2) is 109 Å². The Morgan fingerprint density at radius 1 is 0.482 bits per heavy atom. The predicted octanol–water partition coefficient (Wildman–Crippen LogP) is 13.4. The van der Waals surface area contributed by atoms with Crippen molar-refractivity contribution in [3.8, 4) is 45.1 Å². The molecule has 0 radical (unpaired) electrons. The molecule has 5 aromatic carbocycles. The normalized spacial score (nSPS) is 12.7. The van der Waals surface area contributed by atoms with Gasteiger partial charge in [-0.25, -0.2) is 0 Å². The molecule has 0 spiro atoms. The van der Waals surface area contributed by atoms with E-state index in [0.29, 0.717) is 51.7 Å². The van der Waals surface area contributed by atoms with Gasteiger partial charge in [0.2, 0.25) is 0 Å². The van der Waals surface area contributed by atoms with Gasteiger partial charge in [0.15, 0.2) is 0 Å². The molecular weight excluding hydrogens is 762 g/mol. The van der Waals surface area contributed by atoms with Crippen LogP contribution in [0.3, 0.4) is 0 Å². The van der Waals surface area contributed by atoms with Crippen molar-refractivity contribution in [3.05, 3.63) is 143 Å². The summed E-state index contributed by atoms with van der Waals surface area (Å²) >= 11 is 0. The van der Waals surface area contributed by atoms with Crippen molar-refractivity contribution >= 4 is 21.8 Å². The van der Waals surface area contributed by atoms with Crippen LogP contribution < -0.4 is 0 Å². The Morgan fingerprint density at radius 2 is 0.893 bits per heavy atom. The van der Waals surface area contributed by atoms with Crippen LogP contribution in [0.4, 0.5) is 52.7 Å². The molecule has 2 aromatic heterocycles. The summed E-state index contributed by atoms with van der Waals surface area (Å²) in [7, 11) is 0. The largest absolute Gasteiger partial charge is 0.416 e. The Balaban J connectivity index is 1.55. The van der Waals surface area contributed by atoms with Crippen LogP contribution in [-0.2, 0) is 24.7 Å². The van der Waals surface area contributed by atoms with Gasteiger partial charge in [0.1, 0.15) is 0 Å². The average Bonchev–Trinajstić information content (AvgIpc) is 3.46. The Labute approximate surface area is 308 Å². The number of alkyl halides is 12. The van der Waals surface area contributed by atoms with E-state index in [2.05, 4.69) is 11.1 Å². The van der Waals surface area contributed by atoms with E-state index in [9.17, 15) is 57.9 Å². The molecular formula is C41H21F12N3. The fraction of sp³-hybridized carbons (Fsp3) is 0.122. The highest BCUT2D eigenvalue weighted by Gasteiger charge is 2.38. The van der Waals surface area contributed by atoms with Gasteiger partial charge in [-0.3, -0.25) is 4.98 Å². The third kappa shape index (κ3) is 7.02. The number of pyridine rings is 1. The Hall–Kier alpha value is -6.30. The molecule has 7 rings (SSSR count). The standard InChI is InChI=1S/C41H21F12N3/c1-21-10-34(22-6-8-55-9-7-22)27(20-54)17-35(21)56-36-15-23(25-11-28(38(42,43)44)18-29(12-25)39(45,46)47)2-4-32(36)33-5-3-24(16-37(33)56)26-13-30(40(48,49)50)19-31(14-26)41(51,52)53/h2-19H,1H3. The molecule has 15 heteroatoms. The molecule has 0 atom stereocenters. The van der Waals surface area contributed by atoms with E-state index in [0.717, 1.165) is 0 Å². The van der Waals surface area contributed by atoms with Crippen LogP contribution in [0.5, 0.6) is 0 Å². The maximum atomic E-state index is 13.8. The number of aryl methyl sites for hydroxylation is 1. The fourth-order valence-electron chi connectivity index (χ4n) is 6.68. The van der Waals surface area contributed by atoms with Crippen molar-refractivity contribution < 1.29 is 52.7 Å². The van der Waals surface area contributed by atoms with Crippen molar-refractivity contribution in [3.63, 3.8) is 0 Å². The second-order valence-corrected chi connectivity index (χ2v) is 12.9. The van der Waals surface area contributed by atoms with Crippen molar-refractivity contribution in [2.45, 2.75) is 31.6 Å². The fourth-order valence-corrected chi connectivity index (χ4v) is 6.68. The van der Waals surface area contributed by atoms with E-state index in [1.165, 1.54) is 59.4 Å². The number of aromatic nitrogens is 2. The van der Waals surface area contributed by atoms with Crippen LogP contribution in [0.1, 0.15) is 33.4 Å². The monoisotopic (exact) mass is 783 g/mol. The lowest BCUT2D eigenvalue weighted by molar-refractivity contribution is -0.144. The average molecular weight is 784 g/mol. The summed E-state index contributed by atoms with van der Waals surface area (Å²) < 4.78 is 168. The van der Waals surface area contributed by atoms with Gasteiger partial charge >= 0.3 is 24.7 Å². The Kier molecular flexibility index (Phi) is 8.94. The van der Waals surface area contributed by atoms with Crippen molar-refractivity contribution in [2.24, 2.45) is 0 Å². The first kappa shape index (κ1) is 38.0. The minimum Gasteiger partial charge on any atom is -0.309 e. The Morgan fingerprint density at radius 3 is 1.27 bits per heavy atom. The summed E-state index contributed by atoms with van der Waals surface area (Å²) in [5.41, 5.74) is -4.77.